The van der Waals surface area contributed by atoms with E-state index < -0.39 is 10.9 Å². The van der Waals surface area contributed by atoms with Gasteiger partial charge in [-0.3, -0.25) is 14.4 Å². The lowest BCUT2D eigenvalue weighted by Crippen LogP contribution is -2.48. The van der Waals surface area contributed by atoms with E-state index in [1.807, 2.05) is 11.8 Å². The van der Waals surface area contributed by atoms with Crippen LogP contribution in [0.3, 0.4) is 0 Å². The molecule has 6 heteroatoms. The lowest BCUT2D eigenvalue weighted by Gasteiger charge is -2.38. The molecule has 1 saturated carbocycles. The van der Waals surface area contributed by atoms with Crippen molar-refractivity contribution in [1.29, 1.82) is 0 Å². The first-order chi connectivity index (χ1) is 12.4. The van der Waals surface area contributed by atoms with Crippen molar-refractivity contribution in [3.63, 3.8) is 0 Å². The fraction of sp³-hybridized carbons (Fsp3) is 0.750. The molecule has 1 heterocycles. The van der Waals surface area contributed by atoms with Crippen LogP contribution in [0, 0.1) is 17.8 Å². The first kappa shape index (κ1) is 18.9. The molecule has 1 N–H and O–H groups in total. The highest BCUT2D eigenvalue weighted by Gasteiger charge is 2.34. The summed E-state index contributed by atoms with van der Waals surface area (Å²) >= 11 is 0. The molecule has 1 saturated heterocycles. The van der Waals surface area contributed by atoms with E-state index in [-0.39, 0.29) is 17.9 Å². The molecule has 3 atom stereocenters. The third-order valence-electron chi connectivity index (χ3n) is 6.35. The monoisotopic (exact) mass is 362 g/mol. The highest BCUT2D eigenvalue weighted by atomic mass is 16.5. The zero-order valence-electron chi connectivity index (χ0n) is 16.0. The number of carbonyl (C=O) groups is 1. The lowest BCUT2D eigenvalue weighted by atomic mass is 9.78. The molecule has 1 aliphatic heterocycles. The molecule has 0 amide bonds. The maximum absolute atomic E-state index is 12.2. The number of nitrogens with one attached hydrogen (secondary N) is 1. The van der Waals surface area contributed by atoms with E-state index in [0.29, 0.717) is 55.7 Å². The minimum atomic E-state index is -0.391. The molecule has 0 bridgehead atoms. The predicted octanol–water partition coefficient (Wildman–Crippen LogP) is 2.30. The summed E-state index contributed by atoms with van der Waals surface area (Å²) < 4.78 is 5.10. The van der Waals surface area contributed by atoms with Crippen LogP contribution in [0.1, 0.15) is 52.9 Å². The van der Waals surface area contributed by atoms with Gasteiger partial charge in [0.05, 0.1) is 12.5 Å². The van der Waals surface area contributed by atoms with Crippen molar-refractivity contribution in [3.8, 4) is 0 Å². The summed E-state index contributed by atoms with van der Waals surface area (Å²) in [5.74, 6) is 0.848. The second-order valence-corrected chi connectivity index (χ2v) is 7.91. The number of piperidine rings is 1. The number of nitrogens with zero attached hydrogens (tertiary/aromatic N) is 1. The molecule has 3 rings (SSSR count). The topological polar surface area (TPSA) is 75.7 Å². The third kappa shape index (κ3) is 3.51. The van der Waals surface area contributed by atoms with Gasteiger partial charge in [0.15, 0.2) is 0 Å². The van der Waals surface area contributed by atoms with Gasteiger partial charge >= 0.3 is 5.97 Å². The summed E-state index contributed by atoms with van der Waals surface area (Å²) in [5.41, 5.74) is 0.245. The van der Waals surface area contributed by atoms with Crippen LogP contribution in [0.4, 0.5) is 11.4 Å². The zero-order valence-corrected chi connectivity index (χ0v) is 16.0. The normalized spacial score (nSPS) is 27.5. The maximum Gasteiger partial charge on any atom is 0.309 e. The number of anilines is 2. The van der Waals surface area contributed by atoms with Gasteiger partial charge in [0.1, 0.15) is 11.4 Å². The zero-order chi connectivity index (χ0) is 18.8. The molecule has 1 aliphatic carbocycles. The molecular weight excluding hydrogens is 332 g/mol. The average molecular weight is 362 g/mol. The molecule has 1 aromatic rings. The Kier molecular flexibility index (Phi) is 5.68. The van der Waals surface area contributed by atoms with Crippen LogP contribution in [0.2, 0.25) is 0 Å². The molecule has 6 nitrogen and oxygen atoms in total. The predicted molar refractivity (Wildman–Crippen MR) is 103 cm³/mol. The van der Waals surface area contributed by atoms with Crippen LogP contribution < -0.4 is 21.1 Å². The van der Waals surface area contributed by atoms with Crippen LogP contribution in [0.25, 0.3) is 0 Å². The minimum Gasteiger partial charge on any atom is -0.466 e. The summed E-state index contributed by atoms with van der Waals surface area (Å²) in [6.07, 6.45) is 4.73. The van der Waals surface area contributed by atoms with Crippen molar-refractivity contribution in [2.45, 2.75) is 58.9 Å². The Morgan fingerprint density at radius 1 is 1.12 bits per heavy atom. The highest BCUT2D eigenvalue weighted by Crippen LogP contribution is 2.34. The van der Waals surface area contributed by atoms with Gasteiger partial charge in [0.25, 0.3) is 10.9 Å². The Balaban J connectivity index is 1.67. The Bertz CT molecular complexity index is 714. The lowest BCUT2D eigenvalue weighted by molar-refractivity contribution is -0.148. The largest absolute Gasteiger partial charge is 0.466 e. The standard InChI is InChI=1S/C20H30N2O4/c1-4-26-20(25)14-8-10-22(11-9-14)17-16(18(23)19(17)24)21-15-7-5-6-12(2)13(15)3/h12-15,21H,4-11H2,1-3H3/t12-,13-,15+/m0/s1. The molecule has 2 fully saturated rings. The van der Waals surface area contributed by atoms with Crippen LogP contribution in [0.15, 0.2) is 9.59 Å². The van der Waals surface area contributed by atoms with Gasteiger partial charge in [-0.25, -0.2) is 0 Å². The van der Waals surface area contributed by atoms with E-state index in [1.165, 1.54) is 6.42 Å². The van der Waals surface area contributed by atoms with E-state index in [2.05, 4.69) is 19.2 Å². The van der Waals surface area contributed by atoms with Gasteiger partial charge in [-0.1, -0.05) is 26.7 Å². The van der Waals surface area contributed by atoms with Gasteiger partial charge in [0, 0.05) is 19.1 Å². The van der Waals surface area contributed by atoms with Crippen molar-refractivity contribution < 1.29 is 9.53 Å². The minimum absolute atomic E-state index is 0.103. The quantitative estimate of drug-likeness (QED) is 0.640. The van der Waals surface area contributed by atoms with E-state index in [1.54, 1.807) is 0 Å². The van der Waals surface area contributed by atoms with Crippen LogP contribution in [0.5, 0.6) is 0 Å². The van der Waals surface area contributed by atoms with E-state index in [0.717, 1.165) is 12.8 Å². The van der Waals surface area contributed by atoms with Gasteiger partial charge in [-0.2, -0.15) is 0 Å². The number of ether oxygens (including phenoxy) is 1. The van der Waals surface area contributed by atoms with Crippen LogP contribution >= 0.6 is 0 Å². The van der Waals surface area contributed by atoms with Gasteiger partial charge in [-0.05, 0) is 38.0 Å². The maximum atomic E-state index is 12.2. The van der Waals surface area contributed by atoms with Crippen molar-refractivity contribution >= 4 is 17.3 Å². The van der Waals surface area contributed by atoms with Crippen molar-refractivity contribution in [1.82, 2.24) is 0 Å². The molecule has 0 spiro atoms. The molecular formula is C20H30N2O4. The van der Waals surface area contributed by atoms with Gasteiger partial charge in [-0.15, -0.1) is 0 Å². The van der Waals surface area contributed by atoms with E-state index >= 15 is 0 Å². The fourth-order valence-corrected chi connectivity index (χ4v) is 4.39. The van der Waals surface area contributed by atoms with Crippen molar-refractivity contribution in [3.05, 3.63) is 20.4 Å². The van der Waals surface area contributed by atoms with Gasteiger partial charge in [0.2, 0.25) is 0 Å². The molecule has 2 aliphatic rings. The van der Waals surface area contributed by atoms with Crippen molar-refractivity contribution in [2.24, 2.45) is 17.8 Å². The Hall–Kier alpha value is -1.85. The summed E-state index contributed by atoms with van der Waals surface area (Å²) in [6, 6.07) is 0.248. The third-order valence-corrected chi connectivity index (χ3v) is 6.35. The van der Waals surface area contributed by atoms with Gasteiger partial charge < -0.3 is 15.0 Å². The summed E-state index contributed by atoms with van der Waals surface area (Å²) in [4.78, 5) is 38.2. The number of carbonyl (C=O) groups excluding carboxylic acids is 1. The van der Waals surface area contributed by atoms with E-state index in [4.69, 9.17) is 4.74 Å². The smallest absolute Gasteiger partial charge is 0.309 e. The summed E-state index contributed by atoms with van der Waals surface area (Å²) in [6.45, 7) is 7.89. The summed E-state index contributed by atoms with van der Waals surface area (Å²) in [5, 5.41) is 3.39. The second-order valence-electron chi connectivity index (χ2n) is 7.91. The average Bonchev–Trinajstić information content (AvgIpc) is 2.65. The van der Waals surface area contributed by atoms with E-state index in [9.17, 15) is 14.4 Å². The first-order valence-corrected chi connectivity index (χ1v) is 9.95. The fourth-order valence-electron chi connectivity index (χ4n) is 4.39. The number of esters is 1. The summed E-state index contributed by atoms with van der Waals surface area (Å²) in [7, 11) is 0. The molecule has 0 radical (unpaired) electrons. The number of hydrogen-bond acceptors (Lipinski definition) is 6. The van der Waals surface area contributed by atoms with Crippen molar-refractivity contribution in [2.75, 3.05) is 29.9 Å². The van der Waals surface area contributed by atoms with Crippen LogP contribution in [-0.2, 0) is 9.53 Å². The molecule has 26 heavy (non-hydrogen) atoms. The Labute approximate surface area is 154 Å². The highest BCUT2D eigenvalue weighted by molar-refractivity contribution is 5.77. The van der Waals surface area contributed by atoms with Crippen LogP contribution in [-0.4, -0.2) is 31.7 Å². The first-order valence-electron chi connectivity index (χ1n) is 9.95. The number of rotatable bonds is 5. The Morgan fingerprint density at radius 2 is 1.81 bits per heavy atom. The molecule has 0 unspecified atom stereocenters. The number of hydrogen-bond donors (Lipinski definition) is 1. The molecule has 1 aromatic carbocycles. The molecule has 0 aromatic heterocycles. The Morgan fingerprint density at radius 3 is 2.46 bits per heavy atom. The second kappa shape index (κ2) is 7.80. The molecule has 144 valence electrons. The SMILES string of the molecule is CCOC(=O)C1CCN(c2c(N[C@@H]3CCC[C@H](C)[C@@H]3C)c(=O)c2=O)CC1.